The van der Waals surface area contributed by atoms with Gasteiger partial charge in [-0.05, 0) is 35.4 Å². The Morgan fingerprint density at radius 3 is 1.50 bits per heavy atom. The average molecular weight is 327 g/mol. The second-order valence-corrected chi connectivity index (χ2v) is 12.1. The minimum atomic E-state index is -1.23. The molecule has 3 aromatic carbocycles. The van der Waals surface area contributed by atoms with E-state index in [0.29, 0.717) is 0 Å². The molecule has 0 nitrogen and oxygen atoms in total. The Morgan fingerprint density at radius 1 is 0.542 bits per heavy atom. The molecule has 0 unspecified atom stereocenters. The molecule has 0 radical (unpaired) electrons. The summed E-state index contributed by atoms with van der Waals surface area (Å²) in [6, 6.07) is 27.6. The first-order valence-electron chi connectivity index (χ1n) is 8.30. The van der Waals surface area contributed by atoms with Gasteiger partial charge in [0.05, 0.1) is 8.07 Å². The number of hydrogen-bond acceptors (Lipinski definition) is 0. The Morgan fingerprint density at radius 2 is 1.00 bits per heavy atom. The van der Waals surface area contributed by atoms with Crippen molar-refractivity contribution in [3.8, 4) is 23.0 Å². The summed E-state index contributed by atoms with van der Waals surface area (Å²) in [6.07, 6.45) is 0. The smallest absolute Gasteiger partial charge is 0.0656 e. The summed E-state index contributed by atoms with van der Waals surface area (Å²) >= 11 is 0. The van der Waals surface area contributed by atoms with Crippen molar-refractivity contribution in [2.45, 2.75) is 19.6 Å². The molecule has 0 N–H and O–H groups in total. The van der Waals surface area contributed by atoms with Crippen LogP contribution >= 0.6 is 0 Å². The monoisotopic (exact) mass is 326 g/mol. The Hall–Kier alpha value is -2.56. The first-order valence-corrected chi connectivity index (χ1v) is 11.8. The van der Waals surface area contributed by atoms with Gasteiger partial charge in [-0.2, -0.15) is 0 Å². The van der Waals surface area contributed by atoms with Crippen LogP contribution < -0.4 is 5.19 Å². The molecular formula is C23H22Si. The molecule has 0 heterocycles. The molecule has 0 bridgehead atoms. The average Bonchev–Trinajstić information content (AvgIpc) is 2.61. The van der Waals surface area contributed by atoms with Gasteiger partial charge in [0.15, 0.2) is 0 Å². The lowest BCUT2D eigenvalue weighted by Crippen LogP contribution is -2.37. The fourth-order valence-electron chi connectivity index (χ4n) is 2.57. The Labute approximate surface area is 146 Å². The van der Waals surface area contributed by atoms with Crippen LogP contribution in [0.1, 0.15) is 11.1 Å². The number of rotatable bonds is 2. The highest BCUT2D eigenvalue weighted by molar-refractivity contribution is 6.88. The molecule has 24 heavy (non-hydrogen) atoms. The molecule has 0 saturated carbocycles. The first kappa shape index (κ1) is 16.3. The number of benzene rings is 3. The van der Waals surface area contributed by atoms with Crippen molar-refractivity contribution in [1.29, 1.82) is 0 Å². The highest BCUT2D eigenvalue weighted by atomic mass is 28.3. The Bertz CT molecular complexity index is 856. The van der Waals surface area contributed by atoms with Crippen LogP contribution in [0.2, 0.25) is 19.6 Å². The van der Waals surface area contributed by atoms with Crippen LogP contribution in [-0.2, 0) is 0 Å². The quantitative estimate of drug-likeness (QED) is 0.443. The van der Waals surface area contributed by atoms with Gasteiger partial charge in [0.25, 0.3) is 0 Å². The van der Waals surface area contributed by atoms with E-state index < -0.39 is 8.07 Å². The second-order valence-electron chi connectivity index (χ2n) is 7.02. The van der Waals surface area contributed by atoms with Gasteiger partial charge in [-0.15, -0.1) is 0 Å². The van der Waals surface area contributed by atoms with Crippen LogP contribution in [0.4, 0.5) is 0 Å². The van der Waals surface area contributed by atoms with E-state index in [1.54, 1.807) is 0 Å². The van der Waals surface area contributed by atoms with Crippen LogP contribution in [0.25, 0.3) is 11.1 Å². The molecule has 0 fully saturated rings. The maximum Gasteiger partial charge on any atom is 0.0775 e. The van der Waals surface area contributed by atoms with Gasteiger partial charge in [-0.25, -0.2) is 0 Å². The fraction of sp³-hybridized carbons (Fsp3) is 0.130. The molecule has 0 aliphatic carbocycles. The van der Waals surface area contributed by atoms with Gasteiger partial charge in [-0.1, -0.05) is 91.3 Å². The van der Waals surface area contributed by atoms with E-state index >= 15 is 0 Å². The highest BCUT2D eigenvalue weighted by Crippen LogP contribution is 2.18. The van der Waals surface area contributed by atoms with Crippen LogP contribution in [0.15, 0.2) is 78.9 Å². The molecule has 0 spiro atoms. The third kappa shape index (κ3) is 4.04. The summed E-state index contributed by atoms with van der Waals surface area (Å²) in [5, 5.41) is 1.47. The van der Waals surface area contributed by atoms with E-state index in [0.717, 1.165) is 11.1 Å². The van der Waals surface area contributed by atoms with Gasteiger partial charge in [-0.3, -0.25) is 0 Å². The molecule has 0 aromatic heterocycles. The van der Waals surface area contributed by atoms with E-state index in [-0.39, 0.29) is 0 Å². The predicted molar refractivity (Wildman–Crippen MR) is 107 cm³/mol. The maximum absolute atomic E-state index is 3.26. The van der Waals surface area contributed by atoms with Crippen LogP contribution in [0, 0.1) is 11.8 Å². The van der Waals surface area contributed by atoms with Crippen molar-refractivity contribution >= 4 is 13.3 Å². The van der Waals surface area contributed by atoms with E-state index in [2.05, 4.69) is 104 Å². The summed E-state index contributed by atoms with van der Waals surface area (Å²) < 4.78 is 0. The van der Waals surface area contributed by atoms with Crippen molar-refractivity contribution in [3.63, 3.8) is 0 Å². The van der Waals surface area contributed by atoms with Crippen molar-refractivity contribution in [1.82, 2.24) is 0 Å². The van der Waals surface area contributed by atoms with E-state index in [1.807, 2.05) is 6.07 Å². The molecule has 0 saturated heterocycles. The molecular weight excluding hydrogens is 304 g/mol. The lowest BCUT2D eigenvalue weighted by Gasteiger charge is -2.15. The van der Waals surface area contributed by atoms with E-state index in [4.69, 9.17) is 0 Å². The van der Waals surface area contributed by atoms with Crippen molar-refractivity contribution in [3.05, 3.63) is 90.0 Å². The summed E-state index contributed by atoms with van der Waals surface area (Å²) in [7, 11) is -1.23. The minimum Gasteiger partial charge on any atom is -0.0656 e. The van der Waals surface area contributed by atoms with E-state index in [1.165, 1.54) is 16.3 Å². The maximum atomic E-state index is 3.26. The summed E-state index contributed by atoms with van der Waals surface area (Å²) in [5.41, 5.74) is 4.58. The molecule has 1 heteroatoms. The predicted octanol–water partition coefficient (Wildman–Crippen LogP) is 5.30. The van der Waals surface area contributed by atoms with Gasteiger partial charge in [0.1, 0.15) is 0 Å². The zero-order valence-electron chi connectivity index (χ0n) is 14.5. The summed E-state index contributed by atoms with van der Waals surface area (Å²) in [6.45, 7) is 7.09. The molecule has 3 aromatic rings. The molecule has 3 rings (SSSR count). The molecule has 118 valence electrons. The van der Waals surface area contributed by atoms with Crippen LogP contribution in [-0.4, -0.2) is 8.07 Å². The number of hydrogen-bond donors (Lipinski definition) is 0. The lowest BCUT2D eigenvalue weighted by molar-refractivity contribution is 1.59. The Balaban J connectivity index is 1.76. The molecule has 0 amide bonds. The van der Waals surface area contributed by atoms with Gasteiger partial charge >= 0.3 is 0 Å². The largest absolute Gasteiger partial charge is 0.0775 e. The standard InChI is InChI=1S/C23H22Si/c1-24(2,3)23-17-13-20(14-18-23)10-9-19-11-15-22(16-12-19)21-7-5-4-6-8-21/h4-8,11-18H,1-3H3. The SMILES string of the molecule is C[Si](C)(C)c1ccc(C#Cc2ccc(-c3ccccc3)cc2)cc1. The highest BCUT2D eigenvalue weighted by Gasteiger charge is 2.15. The lowest BCUT2D eigenvalue weighted by atomic mass is 10.0. The zero-order valence-corrected chi connectivity index (χ0v) is 15.5. The molecule has 0 aliphatic rings. The van der Waals surface area contributed by atoms with Gasteiger partial charge in [0, 0.05) is 11.1 Å². The second kappa shape index (κ2) is 6.91. The van der Waals surface area contributed by atoms with Crippen molar-refractivity contribution in [2.24, 2.45) is 0 Å². The van der Waals surface area contributed by atoms with E-state index in [9.17, 15) is 0 Å². The van der Waals surface area contributed by atoms with Gasteiger partial charge in [0.2, 0.25) is 0 Å². The molecule has 0 atom stereocenters. The van der Waals surface area contributed by atoms with Crippen LogP contribution in [0.5, 0.6) is 0 Å². The topological polar surface area (TPSA) is 0 Å². The summed E-state index contributed by atoms with van der Waals surface area (Å²) in [5.74, 6) is 6.52. The van der Waals surface area contributed by atoms with Crippen molar-refractivity contribution < 1.29 is 0 Å². The molecule has 0 aliphatic heterocycles. The normalized spacial score (nSPS) is 10.8. The van der Waals surface area contributed by atoms with Gasteiger partial charge < -0.3 is 0 Å². The van der Waals surface area contributed by atoms with Crippen molar-refractivity contribution in [2.75, 3.05) is 0 Å². The minimum absolute atomic E-state index is 1.05. The first-order chi connectivity index (χ1) is 11.5. The third-order valence-electron chi connectivity index (χ3n) is 4.09. The summed E-state index contributed by atoms with van der Waals surface area (Å²) in [4.78, 5) is 0. The van der Waals surface area contributed by atoms with Crippen LogP contribution in [0.3, 0.4) is 0 Å². The Kier molecular flexibility index (Phi) is 4.69. The fourth-order valence-corrected chi connectivity index (χ4v) is 3.74. The zero-order chi connectivity index (χ0) is 17.0. The third-order valence-corrected chi connectivity index (χ3v) is 6.16.